The van der Waals surface area contributed by atoms with Crippen LogP contribution in [0.4, 0.5) is 0 Å². The molecule has 6 heteroatoms. The molecule has 1 aliphatic carbocycles. The highest BCUT2D eigenvalue weighted by atomic mass is 32.2. The number of aromatic amines is 1. The summed E-state index contributed by atoms with van der Waals surface area (Å²) in [7, 11) is -3.56. The van der Waals surface area contributed by atoms with Gasteiger partial charge in [0.25, 0.3) is 0 Å². The van der Waals surface area contributed by atoms with Gasteiger partial charge in [0.2, 0.25) is 15.6 Å². The topological polar surface area (TPSA) is 79.0 Å². The Bertz CT molecular complexity index is 550. The molecule has 1 heterocycles. The van der Waals surface area contributed by atoms with Crippen LogP contribution >= 0.6 is 0 Å². The summed E-state index contributed by atoms with van der Waals surface area (Å²) in [6.45, 7) is 3.77. The van der Waals surface area contributed by atoms with Crippen molar-refractivity contribution in [2.24, 2.45) is 5.92 Å². The smallest absolute Gasteiger partial charge is 0.247 e. The van der Waals surface area contributed by atoms with Gasteiger partial charge in [-0.25, -0.2) is 13.1 Å². The molecule has 1 aliphatic rings. The lowest BCUT2D eigenvalue weighted by Gasteiger charge is -2.25. The van der Waals surface area contributed by atoms with Crippen LogP contribution in [0.1, 0.15) is 26.7 Å². The third kappa shape index (κ3) is 2.76. The molecule has 1 saturated carbocycles. The van der Waals surface area contributed by atoms with E-state index in [2.05, 4.69) is 9.71 Å². The molecular weight excluding hydrogens is 240 g/mol. The number of nitrogens with one attached hydrogen (secondary N) is 2. The normalized spacial score (nSPS) is 17.1. The molecule has 0 spiro atoms. The minimum absolute atomic E-state index is 0.0887. The number of sulfonamides is 1. The third-order valence-electron chi connectivity index (χ3n) is 3.06. The Hall–Kier alpha value is -1.14. The van der Waals surface area contributed by atoms with Gasteiger partial charge in [-0.1, -0.05) is 0 Å². The summed E-state index contributed by atoms with van der Waals surface area (Å²) in [4.78, 5) is 13.3. The lowest BCUT2D eigenvalue weighted by atomic mass is 10.0. The van der Waals surface area contributed by atoms with Crippen LogP contribution in [0.25, 0.3) is 0 Å². The Balaban J connectivity index is 2.24. The second-order valence-electron chi connectivity index (χ2n) is 4.99. The molecular formula is C11H16N2O3S. The first-order valence-electron chi connectivity index (χ1n) is 5.54. The molecule has 2 rings (SSSR count). The van der Waals surface area contributed by atoms with Crippen LogP contribution in [-0.4, -0.2) is 18.9 Å². The molecule has 0 atom stereocenters. The van der Waals surface area contributed by atoms with Crippen molar-refractivity contribution in [3.63, 3.8) is 0 Å². The zero-order valence-corrected chi connectivity index (χ0v) is 10.7. The van der Waals surface area contributed by atoms with Gasteiger partial charge in [0, 0.05) is 17.8 Å². The van der Waals surface area contributed by atoms with Crippen molar-refractivity contribution in [1.29, 1.82) is 0 Å². The Labute approximate surface area is 100 Å². The molecule has 94 valence electrons. The van der Waals surface area contributed by atoms with Crippen LogP contribution < -0.4 is 10.3 Å². The molecule has 1 fully saturated rings. The van der Waals surface area contributed by atoms with E-state index in [4.69, 9.17) is 0 Å². The quantitative estimate of drug-likeness (QED) is 0.838. The summed E-state index contributed by atoms with van der Waals surface area (Å²) >= 11 is 0. The van der Waals surface area contributed by atoms with Gasteiger partial charge < -0.3 is 4.98 Å². The van der Waals surface area contributed by atoms with E-state index in [1.807, 2.05) is 13.8 Å². The van der Waals surface area contributed by atoms with Crippen molar-refractivity contribution < 1.29 is 8.42 Å². The van der Waals surface area contributed by atoms with Gasteiger partial charge in [0.1, 0.15) is 0 Å². The summed E-state index contributed by atoms with van der Waals surface area (Å²) in [5.41, 5.74) is -0.750. The molecule has 1 aromatic rings. The minimum atomic E-state index is -3.56. The van der Waals surface area contributed by atoms with E-state index in [1.165, 1.54) is 18.3 Å². The van der Waals surface area contributed by atoms with Gasteiger partial charge in [-0.15, -0.1) is 0 Å². The number of hydrogen-bond donors (Lipinski definition) is 2. The highest BCUT2D eigenvalue weighted by Gasteiger charge is 2.40. The molecule has 0 amide bonds. The van der Waals surface area contributed by atoms with Crippen molar-refractivity contribution >= 4 is 10.0 Å². The monoisotopic (exact) mass is 256 g/mol. The maximum Gasteiger partial charge on any atom is 0.247 e. The number of rotatable bonds is 4. The molecule has 0 aromatic carbocycles. The zero-order chi connectivity index (χ0) is 12.7. The van der Waals surface area contributed by atoms with Crippen LogP contribution in [0.15, 0.2) is 28.0 Å². The lowest BCUT2D eigenvalue weighted by Crippen LogP contribution is -2.45. The summed E-state index contributed by atoms with van der Waals surface area (Å²) in [6, 6.07) is 2.52. The average Bonchev–Trinajstić information content (AvgIpc) is 2.99. The molecule has 5 nitrogen and oxygen atoms in total. The Morgan fingerprint density at radius 2 is 2.00 bits per heavy atom. The van der Waals surface area contributed by atoms with E-state index >= 15 is 0 Å². The maximum absolute atomic E-state index is 12.1. The first kappa shape index (κ1) is 12.3. The predicted molar refractivity (Wildman–Crippen MR) is 64.2 cm³/mol. The van der Waals surface area contributed by atoms with Crippen LogP contribution in [0.2, 0.25) is 0 Å². The zero-order valence-electron chi connectivity index (χ0n) is 9.86. The average molecular weight is 256 g/mol. The van der Waals surface area contributed by atoms with Gasteiger partial charge in [0.15, 0.2) is 0 Å². The van der Waals surface area contributed by atoms with Gasteiger partial charge in [-0.05, 0) is 38.7 Å². The summed E-state index contributed by atoms with van der Waals surface area (Å²) < 4.78 is 26.8. The molecule has 0 saturated heterocycles. The second-order valence-corrected chi connectivity index (χ2v) is 6.67. The number of aromatic nitrogens is 1. The van der Waals surface area contributed by atoms with Crippen molar-refractivity contribution in [2.75, 3.05) is 0 Å². The van der Waals surface area contributed by atoms with Gasteiger partial charge in [-0.2, -0.15) is 0 Å². The van der Waals surface area contributed by atoms with Gasteiger partial charge >= 0.3 is 0 Å². The standard InChI is InChI=1S/C11H16N2O3S/c1-11(2,8-3-4-8)13-17(15,16)9-5-6-10(14)12-7-9/h5-8,13H,3-4H2,1-2H3,(H,12,14). The SMILES string of the molecule is CC(C)(NS(=O)(=O)c1ccc(=O)[nH]c1)C1CC1. The lowest BCUT2D eigenvalue weighted by molar-refractivity contribution is 0.400. The van der Waals surface area contributed by atoms with Crippen molar-refractivity contribution in [3.05, 3.63) is 28.7 Å². The second kappa shape index (κ2) is 3.96. The van der Waals surface area contributed by atoms with Crippen LogP contribution in [-0.2, 0) is 10.0 Å². The fraction of sp³-hybridized carbons (Fsp3) is 0.545. The van der Waals surface area contributed by atoms with Crippen molar-refractivity contribution in [1.82, 2.24) is 9.71 Å². The van der Waals surface area contributed by atoms with E-state index in [0.717, 1.165) is 12.8 Å². The first-order chi connectivity index (χ1) is 7.81. The molecule has 17 heavy (non-hydrogen) atoms. The molecule has 2 N–H and O–H groups in total. The van der Waals surface area contributed by atoms with E-state index < -0.39 is 15.6 Å². The van der Waals surface area contributed by atoms with Crippen molar-refractivity contribution in [3.8, 4) is 0 Å². The van der Waals surface area contributed by atoms with E-state index in [-0.39, 0.29) is 10.5 Å². The van der Waals surface area contributed by atoms with Crippen LogP contribution in [0, 0.1) is 5.92 Å². The number of H-pyrrole nitrogens is 1. The number of hydrogen-bond acceptors (Lipinski definition) is 3. The van der Waals surface area contributed by atoms with Gasteiger partial charge in [0.05, 0.1) is 4.90 Å². The highest BCUT2D eigenvalue weighted by Crippen LogP contribution is 2.39. The first-order valence-corrected chi connectivity index (χ1v) is 7.02. The van der Waals surface area contributed by atoms with Gasteiger partial charge in [-0.3, -0.25) is 4.79 Å². The number of pyridine rings is 1. The van der Waals surface area contributed by atoms with E-state index in [1.54, 1.807) is 0 Å². The molecule has 0 unspecified atom stereocenters. The van der Waals surface area contributed by atoms with Crippen LogP contribution in [0.3, 0.4) is 0 Å². The van der Waals surface area contributed by atoms with Crippen LogP contribution in [0.5, 0.6) is 0 Å². The molecule has 0 aliphatic heterocycles. The van der Waals surface area contributed by atoms with E-state index in [0.29, 0.717) is 5.92 Å². The summed E-state index contributed by atoms with van der Waals surface area (Å²) in [6.07, 6.45) is 3.33. The molecule has 0 bridgehead atoms. The Morgan fingerprint density at radius 1 is 1.35 bits per heavy atom. The molecule has 0 radical (unpaired) electrons. The van der Waals surface area contributed by atoms with E-state index in [9.17, 15) is 13.2 Å². The summed E-state index contributed by atoms with van der Waals surface area (Å²) in [5.74, 6) is 0.403. The Kier molecular flexibility index (Phi) is 2.87. The fourth-order valence-corrected chi connectivity index (χ4v) is 3.30. The highest BCUT2D eigenvalue weighted by molar-refractivity contribution is 7.89. The maximum atomic E-state index is 12.1. The Morgan fingerprint density at radius 3 is 2.47 bits per heavy atom. The minimum Gasteiger partial charge on any atom is -0.328 e. The predicted octanol–water partition coefficient (Wildman–Crippen LogP) is 0.842. The fourth-order valence-electron chi connectivity index (χ4n) is 1.86. The van der Waals surface area contributed by atoms with Crippen molar-refractivity contribution in [2.45, 2.75) is 37.1 Å². The summed E-state index contributed by atoms with van der Waals surface area (Å²) in [5, 5.41) is 0. The largest absolute Gasteiger partial charge is 0.328 e. The third-order valence-corrected chi connectivity index (χ3v) is 4.73. The molecule has 1 aromatic heterocycles.